The van der Waals surface area contributed by atoms with Crippen LogP contribution in [0.1, 0.15) is 17.3 Å². The van der Waals surface area contributed by atoms with Gasteiger partial charge in [-0.3, -0.25) is 4.79 Å². The molecule has 0 saturated heterocycles. The smallest absolute Gasteiger partial charge is 0.179 e. The largest absolute Gasteiger partial charge is 0.464 e. The van der Waals surface area contributed by atoms with Gasteiger partial charge in [0.25, 0.3) is 0 Å². The number of hydrogen-bond donors (Lipinski definition) is 1. The van der Waals surface area contributed by atoms with Crippen molar-refractivity contribution in [3.8, 4) is 0 Å². The predicted octanol–water partition coefficient (Wildman–Crippen LogP) is 2.36. The van der Waals surface area contributed by atoms with Crippen LogP contribution in [0.3, 0.4) is 0 Å². The van der Waals surface area contributed by atoms with Crippen LogP contribution in [0.4, 0.5) is 4.39 Å². The fraction of sp³-hybridized carbons (Fsp3) is 0.250. The summed E-state index contributed by atoms with van der Waals surface area (Å²) >= 11 is 0. The first kappa shape index (κ1) is 10.8. The van der Waals surface area contributed by atoms with E-state index in [0.717, 1.165) is 5.39 Å². The van der Waals surface area contributed by atoms with Crippen LogP contribution in [0.5, 0.6) is 0 Å². The predicted molar refractivity (Wildman–Crippen MR) is 59.0 cm³/mol. The van der Waals surface area contributed by atoms with E-state index in [1.54, 1.807) is 6.07 Å². The van der Waals surface area contributed by atoms with Gasteiger partial charge in [0.15, 0.2) is 5.78 Å². The van der Waals surface area contributed by atoms with Gasteiger partial charge in [-0.1, -0.05) is 6.92 Å². The lowest BCUT2D eigenvalue weighted by Gasteiger charge is -2.03. The van der Waals surface area contributed by atoms with E-state index in [4.69, 9.17) is 4.42 Å². The Labute approximate surface area is 92.2 Å². The van der Waals surface area contributed by atoms with E-state index in [9.17, 15) is 9.18 Å². The summed E-state index contributed by atoms with van der Waals surface area (Å²) in [7, 11) is 0. The van der Waals surface area contributed by atoms with Crippen molar-refractivity contribution in [2.75, 3.05) is 13.1 Å². The van der Waals surface area contributed by atoms with Crippen molar-refractivity contribution in [2.24, 2.45) is 0 Å². The molecule has 2 aromatic rings. The molecule has 0 aliphatic heterocycles. The number of nitrogens with one attached hydrogen (secondary N) is 1. The van der Waals surface area contributed by atoms with Crippen LogP contribution >= 0.6 is 0 Å². The number of ketones is 1. The second kappa shape index (κ2) is 4.45. The van der Waals surface area contributed by atoms with Crippen LogP contribution in [0, 0.1) is 5.82 Å². The molecule has 0 atom stereocenters. The van der Waals surface area contributed by atoms with Crippen molar-refractivity contribution in [2.45, 2.75) is 6.92 Å². The molecule has 0 amide bonds. The highest BCUT2D eigenvalue weighted by Crippen LogP contribution is 2.20. The number of halogens is 1. The summed E-state index contributed by atoms with van der Waals surface area (Å²) in [4.78, 5) is 11.7. The van der Waals surface area contributed by atoms with Gasteiger partial charge < -0.3 is 9.73 Å². The summed E-state index contributed by atoms with van der Waals surface area (Å²) in [6, 6.07) is 4.47. The molecule has 1 aromatic heterocycles. The molecule has 16 heavy (non-hydrogen) atoms. The molecule has 1 N–H and O–H groups in total. The van der Waals surface area contributed by atoms with Crippen LogP contribution in [0.2, 0.25) is 0 Å². The molecule has 0 aliphatic carbocycles. The Morgan fingerprint density at radius 3 is 3.06 bits per heavy atom. The third kappa shape index (κ3) is 1.97. The van der Waals surface area contributed by atoms with Gasteiger partial charge in [0.1, 0.15) is 11.4 Å². The number of fused-ring (bicyclic) bond motifs is 1. The standard InChI is InChI=1S/C12H12FNO2/c1-2-14-7-11(15)9-5-8-3-4-16-12(8)6-10(9)13/h3-6,14H,2,7H2,1H3. The van der Waals surface area contributed by atoms with Gasteiger partial charge in [-0.05, 0) is 18.7 Å². The molecule has 2 rings (SSSR count). The van der Waals surface area contributed by atoms with Crippen LogP contribution in [-0.4, -0.2) is 18.9 Å². The first-order valence-electron chi connectivity index (χ1n) is 5.13. The monoisotopic (exact) mass is 221 g/mol. The Kier molecular flexibility index (Phi) is 3.01. The minimum Gasteiger partial charge on any atom is -0.464 e. The number of hydrogen-bond acceptors (Lipinski definition) is 3. The van der Waals surface area contributed by atoms with E-state index in [-0.39, 0.29) is 17.9 Å². The van der Waals surface area contributed by atoms with Crippen molar-refractivity contribution in [1.82, 2.24) is 5.32 Å². The second-order valence-corrected chi connectivity index (χ2v) is 3.49. The highest BCUT2D eigenvalue weighted by atomic mass is 19.1. The number of furan rings is 1. The van der Waals surface area contributed by atoms with E-state index in [0.29, 0.717) is 12.1 Å². The third-order valence-corrected chi connectivity index (χ3v) is 2.38. The van der Waals surface area contributed by atoms with Crippen LogP contribution < -0.4 is 5.32 Å². The highest BCUT2D eigenvalue weighted by molar-refractivity contribution is 6.00. The van der Waals surface area contributed by atoms with Crippen molar-refractivity contribution in [1.29, 1.82) is 0 Å². The first-order chi connectivity index (χ1) is 7.72. The van der Waals surface area contributed by atoms with Gasteiger partial charge >= 0.3 is 0 Å². The average Bonchev–Trinajstić information content (AvgIpc) is 2.71. The van der Waals surface area contributed by atoms with Crippen molar-refractivity contribution in [3.05, 3.63) is 35.8 Å². The van der Waals surface area contributed by atoms with Crippen molar-refractivity contribution < 1.29 is 13.6 Å². The van der Waals surface area contributed by atoms with Gasteiger partial charge in [-0.2, -0.15) is 0 Å². The fourth-order valence-electron chi connectivity index (χ4n) is 1.53. The molecule has 84 valence electrons. The lowest BCUT2D eigenvalue weighted by Crippen LogP contribution is -2.23. The summed E-state index contributed by atoms with van der Waals surface area (Å²) in [5, 5.41) is 3.61. The van der Waals surface area contributed by atoms with E-state index in [1.807, 2.05) is 6.92 Å². The van der Waals surface area contributed by atoms with Gasteiger partial charge in [0, 0.05) is 11.5 Å². The molecular formula is C12H12FNO2. The van der Waals surface area contributed by atoms with Gasteiger partial charge in [-0.25, -0.2) is 4.39 Å². The first-order valence-corrected chi connectivity index (χ1v) is 5.13. The molecule has 4 heteroatoms. The van der Waals surface area contributed by atoms with Gasteiger partial charge in [0.2, 0.25) is 0 Å². The number of rotatable bonds is 4. The average molecular weight is 221 g/mol. The number of likely N-dealkylation sites (N-methyl/N-ethyl adjacent to an activating group) is 1. The number of carbonyl (C=O) groups is 1. The topological polar surface area (TPSA) is 42.2 Å². The zero-order valence-electron chi connectivity index (χ0n) is 8.92. The van der Waals surface area contributed by atoms with Crippen molar-refractivity contribution >= 4 is 16.8 Å². The maximum Gasteiger partial charge on any atom is 0.179 e. The molecule has 0 bridgehead atoms. The molecule has 0 saturated carbocycles. The summed E-state index contributed by atoms with van der Waals surface area (Å²) in [6.07, 6.45) is 1.47. The molecule has 3 nitrogen and oxygen atoms in total. The maximum atomic E-state index is 13.6. The lowest BCUT2D eigenvalue weighted by atomic mass is 10.1. The summed E-state index contributed by atoms with van der Waals surface area (Å²) in [5.74, 6) is -0.784. The molecule has 0 unspecified atom stereocenters. The zero-order chi connectivity index (χ0) is 11.5. The van der Waals surface area contributed by atoms with Gasteiger partial charge in [0.05, 0.1) is 18.4 Å². The Morgan fingerprint density at radius 1 is 1.50 bits per heavy atom. The zero-order valence-corrected chi connectivity index (χ0v) is 8.92. The molecule has 0 spiro atoms. The third-order valence-electron chi connectivity index (χ3n) is 2.38. The number of benzene rings is 1. The Bertz CT molecular complexity index is 519. The molecular weight excluding hydrogens is 209 g/mol. The van der Waals surface area contributed by atoms with Crippen LogP contribution in [0.15, 0.2) is 28.9 Å². The molecule has 0 fully saturated rings. The molecule has 1 aromatic carbocycles. The van der Waals surface area contributed by atoms with E-state index >= 15 is 0 Å². The van der Waals surface area contributed by atoms with Gasteiger partial charge in [-0.15, -0.1) is 0 Å². The molecule has 0 aliphatic rings. The van der Waals surface area contributed by atoms with Crippen LogP contribution in [0.25, 0.3) is 11.0 Å². The normalized spacial score (nSPS) is 10.9. The summed E-state index contributed by atoms with van der Waals surface area (Å²) < 4.78 is 18.6. The Hall–Kier alpha value is -1.68. The van der Waals surface area contributed by atoms with E-state index in [1.165, 1.54) is 18.4 Å². The summed E-state index contributed by atoms with van der Waals surface area (Å²) in [5.41, 5.74) is 0.562. The number of carbonyl (C=O) groups excluding carboxylic acids is 1. The minimum atomic E-state index is -0.537. The molecule has 1 heterocycles. The van der Waals surface area contributed by atoms with Crippen LogP contribution in [-0.2, 0) is 0 Å². The maximum absolute atomic E-state index is 13.6. The number of Topliss-reactive ketones (excluding diaryl/α,β-unsaturated/α-hetero) is 1. The fourth-order valence-corrected chi connectivity index (χ4v) is 1.53. The second-order valence-electron chi connectivity index (χ2n) is 3.49. The quantitative estimate of drug-likeness (QED) is 0.806. The minimum absolute atomic E-state index is 0.106. The SMILES string of the molecule is CCNCC(=O)c1cc2ccoc2cc1F. The highest BCUT2D eigenvalue weighted by Gasteiger charge is 2.13. The van der Waals surface area contributed by atoms with Crippen molar-refractivity contribution in [3.63, 3.8) is 0 Å². The van der Waals surface area contributed by atoms with E-state index < -0.39 is 5.82 Å². The Morgan fingerprint density at radius 2 is 2.31 bits per heavy atom. The summed E-state index contributed by atoms with van der Waals surface area (Å²) in [6.45, 7) is 2.72. The van der Waals surface area contributed by atoms with E-state index in [2.05, 4.69) is 5.32 Å². The Balaban J connectivity index is 2.35. The molecule has 0 radical (unpaired) electrons. The lowest BCUT2D eigenvalue weighted by molar-refractivity contribution is 0.0988.